The van der Waals surface area contributed by atoms with Crippen LogP contribution >= 0.6 is 0 Å². The molecule has 2 aromatic carbocycles. The molecule has 0 unspecified atom stereocenters. The van der Waals surface area contributed by atoms with Crippen LogP contribution in [0.1, 0.15) is 21.6 Å². The van der Waals surface area contributed by atoms with Gasteiger partial charge >= 0.3 is 0 Å². The van der Waals surface area contributed by atoms with E-state index in [1.807, 2.05) is 48.5 Å². The molecule has 138 valence electrons. The van der Waals surface area contributed by atoms with E-state index in [4.69, 9.17) is 4.74 Å². The first-order valence-electron chi connectivity index (χ1n) is 8.61. The molecule has 3 aromatic rings. The summed E-state index contributed by atoms with van der Waals surface area (Å²) in [7, 11) is 1.59. The monoisotopic (exact) mass is 363 g/mol. The maximum atomic E-state index is 12.5. The van der Waals surface area contributed by atoms with Crippen LogP contribution in [0.4, 0.5) is 0 Å². The third-order valence-electron chi connectivity index (χ3n) is 4.20. The molecule has 0 spiro atoms. The fourth-order valence-corrected chi connectivity index (χ4v) is 2.72. The van der Waals surface area contributed by atoms with Gasteiger partial charge in [-0.15, -0.1) is 0 Å². The van der Waals surface area contributed by atoms with Gasteiger partial charge in [0, 0.05) is 11.9 Å². The van der Waals surface area contributed by atoms with Gasteiger partial charge < -0.3 is 15.4 Å². The predicted molar refractivity (Wildman–Crippen MR) is 104 cm³/mol. The summed E-state index contributed by atoms with van der Waals surface area (Å²) >= 11 is 0. The second-order valence-electron chi connectivity index (χ2n) is 6.12. The van der Waals surface area contributed by atoms with Crippen LogP contribution in [0.5, 0.6) is 5.75 Å². The Morgan fingerprint density at radius 3 is 2.56 bits per heavy atom. The third kappa shape index (κ3) is 4.61. The Bertz CT molecular complexity index is 971. The topological polar surface area (TPSA) is 80.3 Å². The van der Waals surface area contributed by atoms with E-state index in [0.29, 0.717) is 23.6 Å². The molecular weight excluding hydrogens is 342 g/mol. The van der Waals surface area contributed by atoms with E-state index >= 15 is 0 Å². The fraction of sp³-hybridized carbons (Fsp3) is 0.190. The highest BCUT2D eigenvalue weighted by molar-refractivity contribution is 6.00. The number of carbonyl (C=O) groups is 2. The molecule has 27 heavy (non-hydrogen) atoms. The number of hydrogen-bond acceptors (Lipinski definition) is 4. The molecule has 0 aliphatic heterocycles. The lowest BCUT2D eigenvalue weighted by atomic mass is 10.1. The Morgan fingerprint density at radius 1 is 1.04 bits per heavy atom. The van der Waals surface area contributed by atoms with Gasteiger partial charge in [0.15, 0.2) is 0 Å². The number of benzene rings is 2. The third-order valence-corrected chi connectivity index (χ3v) is 4.20. The highest BCUT2D eigenvalue weighted by atomic mass is 16.5. The predicted octanol–water partition coefficient (Wildman–Crippen LogP) is 2.60. The summed E-state index contributed by atoms with van der Waals surface area (Å²) in [5.41, 5.74) is 2.83. The maximum absolute atomic E-state index is 12.5. The van der Waals surface area contributed by atoms with Crippen molar-refractivity contribution in [2.75, 3.05) is 13.7 Å². The Morgan fingerprint density at radius 2 is 1.81 bits per heavy atom. The second-order valence-corrected chi connectivity index (χ2v) is 6.12. The molecule has 0 saturated heterocycles. The molecule has 1 heterocycles. The number of aryl methyl sites for hydroxylation is 1. The SMILES string of the molecule is COc1ccc2nc(C)c(C(=O)NCC(=O)NCc3ccccc3)cc2c1. The van der Waals surface area contributed by atoms with Crippen LogP contribution in [0.3, 0.4) is 0 Å². The number of ether oxygens (including phenoxy) is 1. The van der Waals surface area contributed by atoms with Gasteiger partial charge in [0.1, 0.15) is 5.75 Å². The Balaban J connectivity index is 1.63. The molecule has 0 radical (unpaired) electrons. The molecule has 6 heteroatoms. The van der Waals surface area contributed by atoms with Gasteiger partial charge in [-0.1, -0.05) is 30.3 Å². The maximum Gasteiger partial charge on any atom is 0.253 e. The van der Waals surface area contributed by atoms with Crippen molar-refractivity contribution in [1.29, 1.82) is 0 Å². The minimum atomic E-state index is -0.334. The number of pyridine rings is 1. The van der Waals surface area contributed by atoms with Crippen molar-refractivity contribution in [2.45, 2.75) is 13.5 Å². The lowest BCUT2D eigenvalue weighted by Gasteiger charge is -2.10. The molecule has 3 rings (SSSR count). The van der Waals surface area contributed by atoms with Crippen molar-refractivity contribution in [3.63, 3.8) is 0 Å². The zero-order chi connectivity index (χ0) is 19.2. The molecule has 1 aromatic heterocycles. The van der Waals surface area contributed by atoms with E-state index < -0.39 is 0 Å². The lowest BCUT2D eigenvalue weighted by Crippen LogP contribution is -2.36. The minimum Gasteiger partial charge on any atom is -0.497 e. The zero-order valence-corrected chi connectivity index (χ0v) is 15.3. The van der Waals surface area contributed by atoms with Crippen molar-refractivity contribution >= 4 is 22.7 Å². The summed E-state index contributed by atoms with van der Waals surface area (Å²) in [5, 5.41) is 6.23. The number of fused-ring (bicyclic) bond motifs is 1. The van der Waals surface area contributed by atoms with Gasteiger partial charge in [-0.05, 0) is 36.8 Å². The van der Waals surface area contributed by atoms with Crippen molar-refractivity contribution in [3.8, 4) is 5.75 Å². The van der Waals surface area contributed by atoms with E-state index in [9.17, 15) is 9.59 Å². The molecular formula is C21H21N3O3. The van der Waals surface area contributed by atoms with Crippen molar-refractivity contribution < 1.29 is 14.3 Å². The average Bonchev–Trinajstić information content (AvgIpc) is 2.70. The van der Waals surface area contributed by atoms with E-state index in [1.165, 1.54) is 0 Å². The van der Waals surface area contributed by atoms with E-state index in [-0.39, 0.29) is 18.4 Å². The van der Waals surface area contributed by atoms with Crippen LogP contribution in [0.25, 0.3) is 10.9 Å². The number of hydrogen-bond donors (Lipinski definition) is 2. The van der Waals surface area contributed by atoms with Crippen LogP contribution in [0.2, 0.25) is 0 Å². The van der Waals surface area contributed by atoms with Crippen molar-refractivity contribution in [2.24, 2.45) is 0 Å². The summed E-state index contributed by atoms with van der Waals surface area (Å²) in [6.45, 7) is 2.10. The molecule has 0 aliphatic carbocycles. The fourth-order valence-electron chi connectivity index (χ4n) is 2.72. The molecule has 0 aliphatic rings. The molecule has 0 atom stereocenters. The van der Waals surface area contributed by atoms with Crippen LogP contribution in [-0.4, -0.2) is 30.5 Å². The zero-order valence-electron chi connectivity index (χ0n) is 15.3. The van der Waals surface area contributed by atoms with Crippen LogP contribution in [-0.2, 0) is 11.3 Å². The Labute approximate surface area is 157 Å². The summed E-state index contributed by atoms with van der Waals surface area (Å²) < 4.78 is 5.21. The number of rotatable bonds is 6. The first kappa shape index (κ1) is 18.4. The molecule has 0 saturated carbocycles. The largest absolute Gasteiger partial charge is 0.497 e. The van der Waals surface area contributed by atoms with E-state index in [0.717, 1.165) is 16.5 Å². The van der Waals surface area contributed by atoms with Gasteiger partial charge in [0.05, 0.1) is 30.4 Å². The quantitative estimate of drug-likeness (QED) is 0.705. The Kier molecular flexibility index (Phi) is 5.66. The number of nitrogens with zero attached hydrogens (tertiary/aromatic N) is 1. The molecule has 2 N–H and O–H groups in total. The van der Waals surface area contributed by atoms with Gasteiger partial charge in [0.25, 0.3) is 5.91 Å². The summed E-state index contributed by atoms with van der Waals surface area (Å²) in [5.74, 6) is 0.111. The van der Waals surface area contributed by atoms with Crippen LogP contribution in [0, 0.1) is 6.92 Å². The lowest BCUT2D eigenvalue weighted by molar-refractivity contribution is -0.120. The van der Waals surface area contributed by atoms with Crippen molar-refractivity contribution in [3.05, 3.63) is 71.4 Å². The Hall–Kier alpha value is -3.41. The molecule has 0 fully saturated rings. The number of nitrogens with one attached hydrogen (secondary N) is 2. The van der Waals surface area contributed by atoms with Gasteiger partial charge in [0.2, 0.25) is 5.91 Å². The first-order valence-corrected chi connectivity index (χ1v) is 8.61. The normalized spacial score (nSPS) is 10.4. The number of amides is 2. The first-order chi connectivity index (χ1) is 13.1. The second kappa shape index (κ2) is 8.31. The number of carbonyl (C=O) groups excluding carboxylic acids is 2. The summed E-state index contributed by atoms with van der Waals surface area (Å²) in [6.07, 6.45) is 0. The number of aromatic nitrogens is 1. The summed E-state index contributed by atoms with van der Waals surface area (Å²) in [4.78, 5) is 28.9. The molecule has 6 nitrogen and oxygen atoms in total. The highest BCUT2D eigenvalue weighted by Crippen LogP contribution is 2.21. The van der Waals surface area contributed by atoms with Crippen molar-refractivity contribution in [1.82, 2.24) is 15.6 Å². The van der Waals surface area contributed by atoms with Gasteiger partial charge in [-0.3, -0.25) is 14.6 Å². The molecule has 2 amide bonds. The van der Waals surface area contributed by atoms with Crippen LogP contribution < -0.4 is 15.4 Å². The van der Waals surface area contributed by atoms with E-state index in [1.54, 1.807) is 20.1 Å². The highest BCUT2D eigenvalue weighted by Gasteiger charge is 2.13. The number of methoxy groups -OCH3 is 1. The van der Waals surface area contributed by atoms with Crippen LogP contribution in [0.15, 0.2) is 54.6 Å². The standard InChI is InChI=1S/C21H21N3O3/c1-14-18(11-16-10-17(27-2)8-9-19(16)24-14)21(26)23-13-20(25)22-12-15-6-4-3-5-7-15/h3-11H,12-13H2,1-2H3,(H,22,25)(H,23,26). The van der Waals surface area contributed by atoms with Gasteiger partial charge in [-0.2, -0.15) is 0 Å². The summed E-state index contributed by atoms with van der Waals surface area (Å²) in [6, 6.07) is 16.9. The smallest absolute Gasteiger partial charge is 0.253 e. The average molecular weight is 363 g/mol. The van der Waals surface area contributed by atoms with Gasteiger partial charge in [-0.25, -0.2) is 0 Å². The van der Waals surface area contributed by atoms with E-state index in [2.05, 4.69) is 15.6 Å². The molecule has 0 bridgehead atoms. The minimum absolute atomic E-state index is 0.0960.